The van der Waals surface area contributed by atoms with Gasteiger partial charge in [0.25, 0.3) is 0 Å². The summed E-state index contributed by atoms with van der Waals surface area (Å²) in [6, 6.07) is 0. The van der Waals surface area contributed by atoms with E-state index in [-0.39, 0.29) is 6.61 Å². The summed E-state index contributed by atoms with van der Waals surface area (Å²) in [5, 5.41) is 17.9. The Bertz CT molecular complexity index is 817. The van der Waals surface area contributed by atoms with Gasteiger partial charge in [0, 0.05) is 45.7 Å². The van der Waals surface area contributed by atoms with Crippen LogP contribution in [0.2, 0.25) is 0 Å². The first-order valence-corrected chi connectivity index (χ1v) is 9.89. The molecule has 4 rings (SSSR count). The van der Waals surface area contributed by atoms with E-state index in [1.54, 1.807) is 0 Å². The zero-order valence-corrected chi connectivity index (χ0v) is 16.5. The summed E-state index contributed by atoms with van der Waals surface area (Å²) in [5.74, 6) is 3.79. The molecule has 0 spiro atoms. The van der Waals surface area contributed by atoms with Crippen LogP contribution in [0.5, 0.6) is 0 Å². The van der Waals surface area contributed by atoms with E-state index >= 15 is 0 Å². The highest BCUT2D eigenvalue weighted by Gasteiger charge is 2.29. The Morgan fingerprint density at radius 2 is 1.93 bits per heavy atom. The predicted molar refractivity (Wildman–Crippen MR) is 104 cm³/mol. The smallest absolute Gasteiger partial charge is 0.227 e. The van der Waals surface area contributed by atoms with Crippen molar-refractivity contribution in [3.8, 4) is 0 Å². The molecule has 2 aromatic rings. The number of aryl methyl sites for hydroxylation is 1. The van der Waals surface area contributed by atoms with Crippen molar-refractivity contribution in [1.29, 1.82) is 0 Å². The van der Waals surface area contributed by atoms with Gasteiger partial charge in [0.2, 0.25) is 5.95 Å². The van der Waals surface area contributed by atoms with E-state index < -0.39 is 0 Å². The van der Waals surface area contributed by atoms with E-state index in [0.717, 1.165) is 56.4 Å². The summed E-state index contributed by atoms with van der Waals surface area (Å²) < 4.78 is 1.94. The highest BCUT2D eigenvalue weighted by Crippen LogP contribution is 2.34. The molecule has 1 atom stereocenters. The third-order valence-electron chi connectivity index (χ3n) is 5.78. The second kappa shape index (κ2) is 7.42. The summed E-state index contributed by atoms with van der Waals surface area (Å²) in [5.41, 5.74) is 2.56. The second-order valence-corrected chi connectivity index (χ2v) is 7.85. The van der Waals surface area contributed by atoms with E-state index in [4.69, 9.17) is 9.97 Å². The number of aliphatic hydroxyl groups excluding tert-OH is 1. The molecule has 0 saturated carbocycles. The minimum Gasteiger partial charge on any atom is -0.388 e. The summed E-state index contributed by atoms with van der Waals surface area (Å²) in [7, 11) is 5.95. The monoisotopic (exact) mass is 371 g/mol. The second-order valence-electron chi connectivity index (χ2n) is 7.85. The largest absolute Gasteiger partial charge is 0.388 e. The van der Waals surface area contributed by atoms with Crippen LogP contribution in [-0.4, -0.2) is 57.0 Å². The molecule has 1 saturated heterocycles. The number of nitrogens with zero attached hydrogens (tertiary/aromatic N) is 7. The normalized spacial score (nSPS) is 19.9. The Morgan fingerprint density at radius 1 is 1.11 bits per heavy atom. The van der Waals surface area contributed by atoms with Gasteiger partial charge in [0.1, 0.15) is 18.2 Å². The van der Waals surface area contributed by atoms with Gasteiger partial charge in [-0.1, -0.05) is 0 Å². The van der Waals surface area contributed by atoms with Gasteiger partial charge >= 0.3 is 0 Å². The van der Waals surface area contributed by atoms with Crippen LogP contribution in [0.25, 0.3) is 0 Å². The van der Waals surface area contributed by atoms with Gasteiger partial charge in [0.05, 0.1) is 5.69 Å². The van der Waals surface area contributed by atoms with E-state index in [1.807, 2.05) is 30.6 Å². The lowest BCUT2D eigenvalue weighted by Crippen LogP contribution is -2.37. The SMILES string of the molecule is CN(C)c1nc2c(c(N3CCCC(c4nnc(CO)n4C)C3)n1)CCCC2. The number of piperidine rings is 1. The summed E-state index contributed by atoms with van der Waals surface area (Å²) in [6.45, 7) is 1.82. The lowest BCUT2D eigenvalue weighted by atomic mass is 9.93. The number of rotatable bonds is 4. The molecule has 1 fully saturated rings. The number of hydrogen-bond acceptors (Lipinski definition) is 7. The van der Waals surface area contributed by atoms with Crippen molar-refractivity contribution in [1.82, 2.24) is 24.7 Å². The van der Waals surface area contributed by atoms with Crippen LogP contribution in [0.3, 0.4) is 0 Å². The Labute approximate surface area is 160 Å². The lowest BCUT2D eigenvalue weighted by molar-refractivity contribution is 0.266. The van der Waals surface area contributed by atoms with E-state index in [0.29, 0.717) is 11.7 Å². The van der Waals surface area contributed by atoms with Gasteiger partial charge in [-0.15, -0.1) is 10.2 Å². The van der Waals surface area contributed by atoms with Crippen LogP contribution in [-0.2, 0) is 26.5 Å². The molecule has 0 radical (unpaired) electrons. The molecule has 1 unspecified atom stereocenters. The van der Waals surface area contributed by atoms with Crippen molar-refractivity contribution in [3.05, 3.63) is 22.9 Å². The van der Waals surface area contributed by atoms with Gasteiger partial charge in [-0.2, -0.15) is 4.98 Å². The van der Waals surface area contributed by atoms with Crippen molar-refractivity contribution < 1.29 is 5.11 Å². The molecule has 8 nitrogen and oxygen atoms in total. The minimum atomic E-state index is -0.0778. The molecule has 27 heavy (non-hydrogen) atoms. The number of anilines is 2. The summed E-state index contributed by atoms with van der Waals surface area (Å²) >= 11 is 0. The first-order valence-electron chi connectivity index (χ1n) is 9.89. The highest BCUT2D eigenvalue weighted by atomic mass is 16.3. The standard InChI is InChI=1S/C19H29N7O/c1-24(2)19-20-15-9-5-4-8-14(15)18(21-19)26-10-6-7-13(11-26)17-23-22-16(12-27)25(17)3/h13,27H,4-12H2,1-3H3. The molecule has 0 amide bonds. The topological polar surface area (TPSA) is 83.2 Å². The van der Waals surface area contributed by atoms with Gasteiger partial charge in [0.15, 0.2) is 5.82 Å². The van der Waals surface area contributed by atoms with Crippen LogP contribution >= 0.6 is 0 Å². The van der Waals surface area contributed by atoms with Crippen molar-refractivity contribution in [2.75, 3.05) is 37.0 Å². The van der Waals surface area contributed by atoms with E-state index in [2.05, 4.69) is 15.1 Å². The molecule has 1 aliphatic carbocycles. The van der Waals surface area contributed by atoms with Crippen molar-refractivity contribution in [2.45, 2.75) is 51.0 Å². The molecule has 2 aromatic heterocycles. The van der Waals surface area contributed by atoms with Crippen LogP contribution < -0.4 is 9.80 Å². The molecule has 3 heterocycles. The average molecular weight is 371 g/mol. The van der Waals surface area contributed by atoms with E-state index in [9.17, 15) is 5.11 Å². The highest BCUT2D eigenvalue weighted by molar-refractivity contribution is 5.54. The fraction of sp³-hybridized carbons (Fsp3) is 0.684. The van der Waals surface area contributed by atoms with Crippen LogP contribution in [0, 0.1) is 0 Å². The molecular weight excluding hydrogens is 342 g/mol. The fourth-order valence-corrected chi connectivity index (χ4v) is 4.27. The van der Waals surface area contributed by atoms with Crippen molar-refractivity contribution >= 4 is 11.8 Å². The summed E-state index contributed by atoms with van der Waals surface area (Å²) in [4.78, 5) is 14.2. The molecule has 0 aromatic carbocycles. The molecule has 146 valence electrons. The quantitative estimate of drug-likeness (QED) is 0.870. The molecule has 0 bridgehead atoms. The van der Waals surface area contributed by atoms with Crippen LogP contribution in [0.1, 0.15) is 54.5 Å². The average Bonchev–Trinajstić information content (AvgIpc) is 3.07. The third kappa shape index (κ3) is 3.38. The van der Waals surface area contributed by atoms with Crippen LogP contribution in [0.4, 0.5) is 11.8 Å². The fourth-order valence-electron chi connectivity index (χ4n) is 4.27. The number of aliphatic hydroxyl groups is 1. The minimum absolute atomic E-state index is 0.0778. The van der Waals surface area contributed by atoms with Crippen LogP contribution in [0.15, 0.2) is 0 Å². The molecule has 1 aliphatic heterocycles. The maximum atomic E-state index is 9.42. The van der Waals surface area contributed by atoms with Gasteiger partial charge < -0.3 is 19.5 Å². The number of hydrogen-bond donors (Lipinski definition) is 1. The third-order valence-corrected chi connectivity index (χ3v) is 5.78. The predicted octanol–water partition coefficient (Wildman–Crippen LogP) is 1.43. The van der Waals surface area contributed by atoms with E-state index in [1.165, 1.54) is 24.1 Å². The Balaban J connectivity index is 1.66. The molecule has 1 N–H and O–H groups in total. The molecule has 2 aliphatic rings. The number of aromatic nitrogens is 5. The van der Waals surface area contributed by atoms with Crippen molar-refractivity contribution in [2.24, 2.45) is 7.05 Å². The van der Waals surface area contributed by atoms with Gasteiger partial charge in [-0.05, 0) is 38.5 Å². The first kappa shape index (κ1) is 18.2. The van der Waals surface area contributed by atoms with Gasteiger partial charge in [-0.3, -0.25) is 0 Å². The zero-order valence-electron chi connectivity index (χ0n) is 16.5. The Morgan fingerprint density at radius 3 is 2.67 bits per heavy atom. The zero-order chi connectivity index (χ0) is 19.0. The lowest BCUT2D eigenvalue weighted by Gasteiger charge is -2.35. The maximum Gasteiger partial charge on any atom is 0.227 e. The first-order chi connectivity index (χ1) is 13.1. The maximum absolute atomic E-state index is 9.42. The summed E-state index contributed by atoms with van der Waals surface area (Å²) in [6.07, 6.45) is 6.72. The van der Waals surface area contributed by atoms with Crippen molar-refractivity contribution in [3.63, 3.8) is 0 Å². The Hall–Kier alpha value is -2.22. The number of fused-ring (bicyclic) bond motifs is 1. The molecular formula is C19H29N7O. The molecule has 8 heteroatoms. The van der Waals surface area contributed by atoms with Gasteiger partial charge in [-0.25, -0.2) is 4.98 Å². The Kier molecular flexibility index (Phi) is 4.99.